The average Bonchev–Trinajstić information content (AvgIpc) is 3.01. The van der Waals surface area contributed by atoms with Crippen molar-refractivity contribution in [3.63, 3.8) is 0 Å². The fourth-order valence-electron chi connectivity index (χ4n) is 2.88. The number of hydrogen-bond donors (Lipinski definition) is 2. The molecule has 1 aliphatic rings. The number of rotatable bonds is 4. The predicted octanol–water partition coefficient (Wildman–Crippen LogP) is 2.54. The Hall–Kier alpha value is -1.88. The minimum Gasteiger partial charge on any atom is -0.497 e. The molecule has 2 atom stereocenters. The molecule has 0 bridgehead atoms. The molecule has 2 aromatic rings. The van der Waals surface area contributed by atoms with Crippen LogP contribution in [-0.4, -0.2) is 22.3 Å². The van der Waals surface area contributed by atoms with Crippen molar-refractivity contribution in [1.29, 1.82) is 0 Å². The van der Waals surface area contributed by atoms with Crippen molar-refractivity contribution >= 4 is 0 Å². The molecule has 0 radical (unpaired) electrons. The van der Waals surface area contributed by atoms with Crippen LogP contribution in [0.25, 0.3) is 0 Å². The number of methoxy groups -OCH3 is 1. The lowest BCUT2D eigenvalue weighted by molar-refractivity contribution is 0.394. The van der Waals surface area contributed by atoms with Crippen molar-refractivity contribution in [2.45, 2.75) is 38.3 Å². The summed E-state index contributed by atoms with van der Waals surface area (Å²) in [5.41, 5.74) is 2.77. The molecule has 0 saturated heterocycles. The average molecular weight is 272 g/mol. The topological polar surface area (TPSA) is 62.8 Å². The number of nitrogens with zero attached hydrogens (tertiary/aromatic N) is 2. The van der Waals surface area contributed by atoms with Gasteiger partial charge in [-0.25, -0.2) is 4.98 Å². The first-order valence-corrected chi connectivity index (χ1v) is 7.06. The monoisotopic (exact) mass is 272 g/mol. The Morgan fingerprint density at radius 1 is 1.45 bits per heavy atom. The van der Waals surface area contributed by atoms with Gasteiger partial charge in [-0.3, -0.25) is 5.10 Å². The van der Waals surface area contributed by atoms with Gasteiger partial charge in [-0.1, -0.05) is 6.07 Å². The van der Waals surface area contributed by atoms with Crippen LogP contribution in [-0.2, 0) is 6.42 Å². The third-order valence-electron chi connectivity index (χ3n) is 3.96. The third kappa shape index (κ3) is 2.54. The molecule has 1 heterocycles. The third-order valence-corrected chi connectivity index (χ3v) is 3.96. The molecule has 20 heavy (non-hydrogen) atoms. The van der Waals surface area contributed by atoms with E-state index in [2.05, 4.69) is 39.6 Å². The van der Waals surface area contributed by atoms with Crippen LogP contribution in [0.2, 0.25) is 0 Å². The Morgan fingerprint density at radius 2 is 2.35 bits per heavy atom. The van der Waals surface area contributed by atoms with Gasteiger partial charge < -0.3 is 10.1 Å². The van der Waals surface area contributed by atoms with Gasteiger partial charge in [0.1, 0.15) is 17.9 Å². The van der Waals surface area contributed by atoms with Crippen LogP contribution in [0, 0.1) is 0 Å². The van der Waals surface area contributed by atoms with Gasteiger partial charge in [0, 0.05) is 6.04 Å². The molecule has 0 fully saturated rings. The van der Waals surface area contributed by atoms with Gasteiger partial charge in [0.05, 0.1) is 13.2 Å². The minimum atomic E-state index is 0.152. The summed E-state index contributed by atoms with van der Waals surface area (Å²) >= 11 is 0. The van der Waals surface area contributed by atoms with Crippen LogP contribution in [0.3, 0.4) is 0 Å². The molecule has 2 unspecified atom stereocenters. The van der Waals surface area contributed by atoms with Crippen molar-refractivity contribution in [2.75, 3.05) is 7.11 Å². The van der Waals surface area contributed by atoms with Gasteiger partial charge in [0.25, 0.3) is 0 Å². The van der Waals surface area contributed by atoms with Crippen LogP contribution in [0.1, 0.15) is 48.8 Å². The SMILES string of the molecule is COc1ccc2c(c1)C(NC(C)c1ncn[nH]1)CCC2. The number of benzene rings is 1. The Kier molecular flexibility index (Phi) is 3.69. The van der Waals surface area contributed by atoms with E-state index >= 15 is 0 Å². The molecule has 1 aromatic carbocycles. The number of fused-ring (bicyclic) bond motifs is 1. The minimum absolute atomic E-state index is 0.152. The zero-order valence-electron chi connectivity index (χ0n) is 11.9. The first-order valence-electron chi connectivity index (χ1n) is 7.06. The maximum atomic E-state index is 5.35. The lowest BCUT2D eigenvalue weighted by atomic mass is 9.87. The van der Waals surface area contributed by atoms with E-state index in [0.29, 0.717) is 6.04 Å². The summed E-state index contributed by atoms with van der Waals surface area (Å²) < 4.78 is 5.35. The molecular formula is C15H20N4O. The summed E-state index contributed by atoms with van der Waals surface area (Å²) in [5.74, 6) is 1.80. The maximum absolute atomic E-state index is 5.35. The molecular weight excluding hydrogens is 252 g/mol. The lowest BCUT2D eigenvalue weighted by Crippen LogP contribution is -2.28. The van der Waals surface area contributed by atoms with E-state index in [-0.39, 0.29) is 6.04 Å². The first-order chi connectivity index (χ1) is 9.78. The van der Waals surface area contributed by atoms with E-state index < -0.39 is 0 Å². The highest BCUT2D eigenvalue weighted by atomic mass is 16.5. The van der Waals surface area contributed by atoms with Gasteiger partial charge in [0.15, 0.2) is 0 Å². The summed E-state index contributed by atoms with van der Waals surface area (Å²) in [4.78, 5) is 4.22. The molecule has 5 nitrogen and oxygen atoms in total. The Balaban J connectivity index is 1.82. The number of aromatic amines is 1. The number of nitrogens with one attached hydrogen (secondary N) is 2. The largest absolute Gasteiger partial charge is 0.497 e. The fourth-order valence-corrected chi connectivity index (χ4v) is 2.88. The Bertz CT molecular complexity index is 567. The van der Waals surface area contributed by atoms with Crippen LogP contribution in [0.5, 0.6) is 5.75 Å². The van der Waals surface area contributed by atoms with E-state index in [9.17, 15) is 0 Å². The van der Waals surface area contributed by atoms with Crippen molar-refractivity contribution in [3.8, 4) is 5.75 Å². The van der Waals surface area contributed by atoms with E-state index in [0.717, 1.165) is 24.4 Å². The molecule has 1 aliphatic carbocycles. The molecule has 1 aromatic heterocycles. The second kappa shape index (κ2) is 5.63. The number of ether oxygens (including phenoxy) is 1. The molecule has 0 spiro atoms. The molecule has 5 heteroatoms. The van der Waals surface area contributed by atoms with E-state index in [1.165, 1.54) is 17.5 Å². The quantitative estimate of drug-likeness (QED) is 0.898. The summed E-state index contributed by atoms with van der Waals surface area (Å²) in [7, 11) is 1.71. The molecule has 2 N–H and O–H groups in total. The second-order valence-corrected chi connectivity index (χ2v) is 5.27. The lowest BCUT2D eigenvalue weighted by Gasteiger charge is -2.29. The Morgan fingerprint density at radius 3 is 3.10 bits per heavy atom. The van der Waals surface area contributed by atoms with Gasteiger partial charge >= 0.3 is 0 Å². The van der Waals surface area contributed by atoms with E-state index in [4.69, 9.17) is 4.74 Å². The molecule has 106 valence electrons. The predicted molar refractivity (Wildman–Crippen MR) is 76.6 cm³/mol. The van der Waals surface area contributed by atoms with Crippen molar-refractivity contribution in [2.24, 2.45) is 0 Å². The molecule has 3 rings (SSSR count). The molecule has 0 saturated carbocycles. The Labute approximate surface area is 118 Å². The normalized spacial score (nSPS) is 19.4. The molecule has 0 amide bonds. The zero-order valence-corrected chi connectivity index (χ0v) is 11.9. The summed E-state index contributed by atoms with van der Waals surface area (Å²) in [5, 5.41) is 10.5. The highest BCUT2D eigenvalue weighted by Crippen LogP contribution is 2.33. The summed E-state index contributed by atoms with van der Waals surface area (Å²) in [6.07, 6.45) is 5.04. The van der Waals surface area contributed by atoms with Crippen molar-refractivity contribution in [1.82, 2.24) is 20.5 Å². The van der Waals surface area contributed by atoms with Gasteiger partial charge in [-0.15, -0.1) is 0 Å². The zero-order chi connectivity index (χ0) is 13.9. The van der Waals surface area contributed by atoms with E-state index in [1.807, 2.05) is 6.07 Å². The summed E-state index contributed by atoms with van der Waals surface area (Å²) in [6, 6.07) is 6.87. The van der Waals surface area contributed by atoms with Crippen LogP contribution in [0.15, 0.2) is 24.5 Å². The van der Waals surface area contributed by atoms with E-state index in [1.54, 1.807) is 13.4 Å². The summed E-state index contributed by atoms with van der Waals surface area (Å²) in [6.45, 7) is 2.11. The van der Waals surface area contributed by atoms with Crippen LogP contribution >= 0.6 is 0 Å². The van der Waals surface area contributed by atoms with Crippen molar-refractivity contribution < 1.29 is 4.74 Å². The maximum Gasteiger partial charge on any atom is 0.141 e. The number of hydrogen-bond acceptors (Lipinski definition) is 4. The van der Waals surface area contributed by atoms with Crippen LogP contribution < -0.4 is 10.1 Å². The number of H-pyrrole nitrogens is 1. The van der Waals surface area contributed by atoms with Gasteiger partial charge in [-0.05, 0) is 49.4 Å². The first kappa shape index (κ1) is 13.1. The standard InChI is InChI=1S/C15H20N4O/c1-10(15-16-9-17-19-15)18-14-5-3-4-11-6-7-12(20-2)8-13(11)14/h6-10,14,18H,3-5H2,1-2H3,(H,16,17,19). The van der Waals surface area contributed by atoms with Gasteiger partial charge in [-0.2, -0.15) is 5.10 Å². The second-order valence-electron chi connectivity index (χ2n) is 5.27. The highest BCUT2D eigenvalue weighted by molar-refractivity contribution is 5.39. The van der Waals surface area contributed by atoms with Crippen molar-refractivity contribution in [3.05, 3.63) is 41.5 Å². The number of aromatic nitrogens is 3. The number of aryl methyl sites for hydroxylation is 1. The highest BCUT2D eigenvalue weighted by Gasteiger charge is 2.23. The van der Waals surface area contributed by atoms with Gasteiger partial charge in [0.2, 0.25) is 0 Å². The molecule has 0 aliphatic heterocycles. The van der Waals surface area contributed by atoms with Crippen LogP contribution in [0.4, 0.5) is 0 Å². The fraction of sp³-hybridized carbons (Fsp3) is 0.467. The smallest absolute Gasteiger partial charge is 0.141 e.